The number of hydrogen-bond donors (Lipinski definition) is 0. The van der Waals surface area contributed by atoms with Gasteiger partial charge in [0.1, 0.15) is 0 Å². The third-order valence-corrected chi connectivity index (χ3v) is 6.47. The lowest BCUT2D eigenvalue weighted by Crippen LogP contribution is -2.50. The summed E-state index contributed by atoms with van der Waals surface area (Å²) >= 11 is 0. The second kappa shape index (κ2) is 6.42. The Hall–Kier alpha value is -1.10. The highest BCUT2D eigenvalue weighted by Crippen LogP contribution is 2.47. The second-order valence-electron chi connectivity index (χ2n) is 7.87. The van der Waals surface area contributed by atoms with Gasteiger partial charge in [0, 0.05) is 45.6 Å². The number of fused-ring (bicyclic) bond motifs is 1. The number of rotatable bonds is 2. The van der Waals surface area contributed by atoms with Crippen molar-refractivity contribution in [2.75, 3.05) is 26.7 Å². The normalized spacial score (nSPS) is 35.3. The fourth-order valence-corrected chi connectivity index (χ4v) is 4.92. The maximum Gasteiger partial charge on any atom is 0.226 e. The van der Waals surface area contributed by atoms with Gasteiger partial charge in [0.25, 0.3) is 0 Å². The van der Waals surface area contributed by atoms with E-state index in [1.54, 1.807) is 14.0 Å². The highest BCUT2D eigenvalue weighted by atomic mass is 16.5. The molecule has 0 bridgehead atoms. The molecule has 23 heavy (non-hydrogen) atoms. The Labute approximate surface area is 139 Å². The highest BCUT2D eigenvalue weighted by Gasteiger charge is 2.50. The summed E-state index contributed by atoms with van der Waals surface area (Å²) in [5.41, 5.74) is 0.217. The lowest BCUT2D eigenvalue weighted by atomic mass is 9.71. The molecular weight excluding hydrogens is 292 g/mol. The first-order valence-corrected chi connectivity index (χ1v) is 9.03. The SMILES string of the molecule is CO[C@@H]1CC[C@H]2N(C(=O)C3CCN(C(C)=O)CC3)CC[C@@]2(C)C1. The topological polar surface area (TPSA) is 49.9 Å². The van der Waals surface area contributed by atoms with E-state index >= 15 is 0 Å². The van der Waals surface area contributed by atoms with E-state index in [0.717, 1.165) is 58.2 Å². The summed E-state index contributed by atoms with van der Waals surface area (Å²) in [4.78, 5) is 28.5. The first-order chi connectivity index (χ1) is 10.9. The summed E-state index contributed by atoms with van der Waals surface area (Å²) < 4.78 is 5.57. The molecule has 3 aliphatic rings. The van der Waals surface area contributed by atoms with Crippen LogP contribution >= 0.6 is 0 Å². The first-order valence-electron chi connectivity index (χ1n) is 9.03. The monoisotopic (exact) mass is 322 g/mol. The number of likely N-dealkylation sites (tertiary alicyclic amines) is 2. The average Bonchev–Trinajstić information content (AvgIpc) is 2.90. The molecule has 1 saturated carbocycles. The molecule has 2 aliphatic heterocycles. The fourth-order valence-electron chi connectivity index (χ4n) is 4.92. The molecule has 1 aliphatic carbocycles. The number of nitrogens with zero attached hydrogens (tertiary/aromatic N) is 2. The molecule has 0 spiro atoms. The number of carbonyl (C=O) groups is 2. The number of piperidine rings is 1. The summed E-state index contributed by atoms with van der Waals surface area (Å²) in [6.45, 7) is 6.29. The van der Waals surface area contributed by atoms with Crippen LogP contribution in [-0.4, -0.2) is 60.5 Å². The predicted octanol–water partition coefficient (Wildman–Crippen LogP) is 2.05. The molecule has 5 nitrogen and oxygen atoms in total. The predicted molar refractivity (Wildman–Crippen MR) is 87.9 cm³/mol. The molecule has 3 atom stereocenters. The van der Waals surface area contributed by atoms with Gasteiger partial charge in [-0.2, -0.15) is 0 Å². The van der Waals surface area contributed by atoms with Crippen molar-refractivity contribution in [1.82, 2.24) is 9.80 Å². The number of amides is 2. The third kappa shape index (κ3) is 3.12. The lowest BCUT2D eigenvalue weighted by molar-refractivity contribution is -0.142. The average molecular weight is 322 g/mol. The molecule has 5 heteroatoms. The molecule has 130 valence electrons. The van der Waals surface area contributed by atoms with Gasteiger partial charge in [0.2, 0.25) is 11.8 Å². The minimum atomic E-state index is 0.105. The van der Waals surface area contributed by atoms with Crippen molar-refractivity contribution >= 4 is 11.8 Å². The Morgan fingerprint density at radius 1 is 1.09 bits per heavy atom. The van der Waals surface area contributed by atoms with Crippen molar-refractivity contribution in [2.45, 2.75) is 64.5 Å². The van der Waals surface area contributed by atoms with Crippen LogP contribution < -0.4 is 0 Å². The minimum Gasteiger partial charge on any atom is -0.381 e. The summed E-state index contributed by atoms with van der Waals surface area (Å²) in [7, 11) is 1.80. The summed E-state index contributed by atoms with van der Waals surface area (Å²) in [5, 5.41) is 0. The highest BCUT2D eigenvalue weighted by molar-refractivity contribution is 5.80. The molecule has 0 aromatic heterocycles. The zero-order valence-corrected chi connectivity index (χ0v) is 14.7. The van der Waals surface area contributed by atoms with E-state index in [0.29, 0.717) is 18.1 Å². The van der Waals surface area contributed by atoms with E-state index in [1.165, 1.54) is 0 Å². The zero-order valence-electron chi connectivity index (χ0n) is 14.7. The zero-order chi connectivity index (χ0) is 16.6. The van der Waals surface area contributed by atoms with E-state index < -0.39 is 0 Å². The van der Waals surface area contributed by atoms with E-state index in [4.69, 9.17) is 4.74 Å². The Balaban J connectivity index is 1.62. The lowest BCUT2D eigenvalue weighted by Gasteiger charge is -2.43. The maximum absolute atomic E-state index is 13.0. The summed E-state index contributed by atoms with van der Waals surface area (Å²) in [5.74, 6) is 0.563. The van der Waals surface area contributed by atoms with Gasteiger partial charge in [0.15, 0.2) is 0 Å². The molecule has 2 heterocycles. The number of methoxy groups -OCH3 is 1. The quantitative estimate of drug-likeness (QED) is 0.782. The van der Waals surface area contributed by atoms with Gasteiger partial charge in [-0.25, -0.2) is 0 Å². The summed E-state index contributed by atoms with van der Waals surface area (Å²) in [6.07, 6.45) is 6.27. The van der Waals surface area contributed by atoms with Crippen LogP contribution in [0.25, 0.3) is 0 Å². The molecule has 0 aromatic rings. The Morgan fingerprint density at radius 3 is 2.39 bits per heavy atom. The van der Waals surface area contributed by atoms with Crippen molar-refractivity contribution in [3.05, 3.63) is 0 Å². The Morgan fingerprint density at radius 2 is 1.78 bits per heavy atom. The molecule has 2 saturated heterocycles. The Bertz CT molecular complexity index is 473. The smallest absolute Gasteiger partial charge is 0.226 e. The van der Waals surface area contributed by atoms with Crippen LogP contribution in [0.4, 0.5) is 0 Å². The molecule has 0 unspecified atom stereocenters. The van der Waals surface area contributed by atoms with E-state index in [9.17, 15) is 9.59 Å². The third-order valence-electron chi connectivity index (χ3n) is 6.47. The maximum atomic E-state index is 13.0. The van der Waals surface area contributed by atoms with E-state index in [2.05, 4.69) is 11.8 Å². The van der Waals surface area contributed by atoms with Crippen molar-refractivity contribution in [3.8, 4) is 0 Å². The van der Waals surface area contributed by atoms with Gasteiger partial charge in [-0.05, 0) is 43.9 Å². The molecule has 3 rings (SSSR count). The van der Waals surface area contributed by atoms with Crippen molar-refractivity contribution < 1.29 is 14.3 Å². The first kappa shape index (κ1) is 16.7. The molecule has 2 amide bonds. The van der Waals surface area contributed by atoms with Gasteiger partial charge in [0.05, 0.1) is 6.10 Å². The van der Waals surface area contributed by atoms with Gasteiger partial charge >= 0.3 is 0 Å². The number of hydrogen-bond acceptors (Lipinski definition) is 3. The number of ether oxygens (including phenoxy) is 1. The van der Waals surface area contributed by atoms with Crippen LogP contribution in [0.15, 0.2) is 0 Å². The molecular formula is C18H30N2O3. The molecule has 0 radical (unpaired) electrons. The van der Waals surface area contributed by atoms with Crippen molar-refractivity contribution in [1.29, 1.82) is 0 Å². The fraction of sp³-hybridized carbons (Fsp3) is 0.889. The van der Waals surface area contributed by atoms with Crippen LogP contribution in [0.3, 0.4) is 0 Å². The van der Waals surface area contributed by atoms with E-state index in [-0.39, 0.29) is 17.2 Å². The summed E-state index contributed by atoms with van der Waals surface area (Å²) in [6, 6.07) is 0.382. The molecule has 3 fully saturated rings. The largest absolute Gasteiger partial charge is 0.381 e. The van der Waals surface area contributed by atoms with Gasteiger partial charge in [-0.3, -0.25) is 9.59 Å². The van der Waals surface area contributed by atoms with Gasteiger partial charge < -0.3 is 14.5 Å². The molecule has 0 aromatic carbocycles. The number of carbonyl (C=O) groups excluding carboxylic acids is 2. The minimum absolute atomic E-state index is 0.105. The van der Waals surface area contributed by atoms with Crippen LogP contribution in [-0.2, 0) is 14.3 Å². The van der Waals surface area contributed by atoms with Crippen molar-refractivity contribution in [2.24, 2.45) is 11.3 Å². The van der Waals surface area contributed by atoms with Crippen LogP contribution in [0.1, 0.15) is 52.4 Å². The van der Waals surface area contributed by atoms with Crippen LogP contribution in [0, 0.1) is 11.3 Å². The van der Waals surface area contributed by atoms with Crippen LogP contribution in [0.5, 0.6) is 0 Å². The second-order valence-corrected chi connectivity index (χ2v) is 7.87. The standard InChI is InChI=1S/C18H30N2O3/c1-13(21)19-9-6-14(7-10-19)17(22)20-11-8-18(2)12-15(23-3)4-5-16(18)20/h14-16H,4-12H2,1-3H3/t15-,16-,18+/m1/s1. The Kier molecular flexibility index (Phi) is 4.68. The van der Waals surface area contributed by atoms with Gasteiger partial charge in [-0.1, -0.05) is 6.92 Å². The van der Waals surface area contributed by atoms with Crippen LogP contribution in [0.2, 0.25) is 0 Å². The van der Waals surface area contributed by atoms with Crippen molar-refractivity contribution in [3.63, 3.8) is 0 Å². The molecule has 0 N–H and O–H groups in total. The van der Waals surface area contributed by atoms with Gasteiger partial charge in [-0.15, -0.1) is 0 Å². The van der Waals surface area contributed by atoms with E-state index in [1.807, 2.05) is 4.90 Å².